The van der Waals surface area contributed by atoms with Gasteiger partial charge in [-0.15, -0.1) is 0 Å². The molecule has 0 heterocycles. The van der Waals surface area contributed by atoms with Crippen molar-refractivity contribution in [2.75, 3.05) is 0 Å². The molecule has 0 amide bonds. The van der Waals surface area contributed by atoms with Crippen molar-refractivity contribution in [3.63, 3.8) is 0 Å². The molecule has 0 aliphatic carbocycles. The molecule has 0 bridgehead atoms. The highest BCUT2D eigenvalue weighted by Crippen LogP contribution is 2.42. The van der Waals surface area contributed by atoms with Crippen molar-refractivity contribution in [1.29, 1.82) is 0 Å². The zero-order valence-corrected chi connectivity index (χ0v) is 8.78. The lowest BCUT2D eigenvalue weighted by molar-refractivity contribution is -0.162. The molecule has 8 heteroatoms. The fraction of sp³-hybridized carbons (Fsp3) is 0.300. The fourth-order valence-electron chi connectivity index (χ4n) is 1.51. The third-order valence-electron chi connectivity index (χ3n) is 2.17. The summed E-state index contributed by atoms with van der Waals surface area (Å²) in [7, 11) is 0. The molecule has 1 aromatic rings. The molecule has 1 aromatic carbocycles. The summed E-state index contributed by atoms with van der Waals surface area (Å²) in [5.74, 6) is -1.72. The van der Waals surface area contributed by atoms with E-state index in [-0.39, 0.29) is 6.07 Å². The van der Waals surface area contributed by atoms with E-state index < -0.39 is 40.6 Å². The van der Waals surface area contributed by atoms with E-state index in [1.165, 1.54) is 0 Å². The summed E-state index contributed by atoms with van der Waals surface area (Å²) >= 11 is 0. The Hall–Kier alpha value is -1.73. The van der Waals surface area contributed by atoms with Crippen LogP contribution in [0, 0.1) is 6.92 Å². The molecule has 0 aromatic heterocycles. The minimum absolute atomic E-state index is 0.0157. The molecule has 100 valence electrons. The standard InChI is InChI=1S/C10H6F6O2/c1-4-2-5(8(17)18)3-6(9(11,12)13)7(4)10(14,15)16/h2-3H,1H3,(H,17,18). The van der Waals surface area contributed by atoms with Gasteiger partial charge in [0.05, 0.1) is 16.7 Å². The van der Waals surface area contributed by atoms with Gasteiger partial charge in [0.15, 0.2) is 0 Å². The van der Waals surface area contributed by atoms with Crippen molar-refractivity contribution in [2.24, 2.45) is 0 Å². The predicted octanol–water partition coefficient (Wildman–Crippen LogP) is 3.73. The zero-order chi connectivity index (χ0) is 14.3. The summed E-state index contributed by atoms with van der Waals surface area (Å²) in [4.78, 5) is 10.5. The summed E-state index contributed by atoms with van der Waals surface area (Å²) in [6.45, 7) is 0.782. The molecule has 2 nitrogen and oxygen atoms in total. The molecule has 0 saturated heterocycles. The van der Waals surface area contributed by atoms with Crippen molar-refractivity contribution >= 4 is 5.97 Å². The van der Waals surface area contributed by atoms with Gasteiger partial charge in [-0.3, -0.25) is 0 Å². The summed E-state index contributed by atoms with van der Waals surface area (Å²) in [5.41, 5.74) is -5.48. The van der Waals surface area contributed by atoms with Crippen LogP contribution in [0.2, 0.25) is 0 Å². The van der Waals surface area contributed by atoms with Gasteiger partial charge in [-0.05, 0) is 24.6 Å². The van der Waals surface area contributed by atoms with Gasteiger partial charge in [0, 0.05) is 0 Å². The molecule has 18 heavy (non-hydrogen) atoms. The lowest BCUT2D eigenvalue weighted by Crippen LogP contribution is -2.19. The van der Waals surface area contributed by atoms with Crippen molar-refractivity contribution in [3.8, 4) is 0 Å². The predicted molar refractivity (Wildman–Crippen MR) is 48.1 cm³/mol. The maximum atomic E-state index is 12.5. The first-order valence-corrected chi connectivity index (χ1v) is 4.47. The number of carbonyl (C=O) groups is 1. The Morgan fingerprint density at radius 3 is 1.89 bits per heavy atom. The van der Waals surface area contributed by atoms with Crippen molar-refractivity contribution < 1.29 is 36.2 Å². The van der Waals surface area contributed by atoms with Crippen LogP contribution in [0.3, 0.4) is 0 Å². The molecule has 0 aliphatic rings. The number of aryl methyl sites for hydroxylation is 1. The number of benzene rings is 1. The molecular formula is C10H6F6O2. The molecule has 0 saturated carbocycles. The summed E-state index contributed by atoms with van der Waals surface area (Å²) in [5, 5.41) is 8.54. The Balaban J connectivity index is 3.67. The first-order chi connectivity index (χ1) is 7.94. The smallest absolute Gasteiger partial charge is 0.417 e. The van der Waals surface area contributed by atoms with Crippen LogP contribution in [0.25, 0.3) is 0 Å². The number of halogens is 6. The Morgan fingerprint density at radius 1 is 1.06 bits per heavy atom. The normalized spacial score (nSPS) is 12.6. The van der Waals surface area contributed by atoms with Crippen LogP contribution in [-0.4, -0.2) is 11.1 Å². The molecule has 0 unspecified atom stereocenters. The SMILES string of the molecule is Cc1cc(C(=O)O)cc(C(F)(F)F)c1C(F)(F)F. The topological polar surface area (TPSA) is 37.3 Å². The first kappa shape index (κ1) is 14.3. The lowest BCUT2D eigenvalue weighted by Gasteiger charge is -2.18. The fourth-order valence-corrected chi connectivity index (χ4v) is 1.51. The third-order valence-corrected chi connectivity index (χ3v) is 2.17. The Morgan fingerprint density at radius 2 is 1.56 bits per heavy atom. The third kappa shape index (κ3) is 2.74. The van der Waals surface area contributed by atoms with E-state index in [0.717, 1.165) is 6.92 Å². The van der Waals surface area contributed by atoms with E-state index in [1.54, 1.807) is 0 Å². The van der Waals surface area contributed by atoms with Gasteiger partial charge >= 0.3 is 18.3 Å². The van der Waals surface area contributed by atoms with Crippen LogP contribution in [0.1, 0.15) is 27.0 Å². The van der Waals surface area contributed by atoms with Crippen molar-refractivity contribution in [3.05, 3.63) is 34.4 Å². The van der Waals surface area contributed by atoms with Crippen molar-refractivity contribution in [2.45, 2.75) is 19.3 Å². The minimum atomic E-state index is -5.28. The summed E-state index contributed by atoms with van der Waals surface area (Å²) in [6.07, 6.45) is -10.5. The molecule has 0 spiro atoms. The van der Waals surface area contributed by atoms with Gasteiger partial charge in [0.2, 0.25) is 0 Å². The highest BCUT2D eigenvalue weighted by molar-refractivity contribution is 5.88. The molecular weight excluding hydrogens is 266 g/mol. The van der Waals surface area contributed by atoms with Crippen molar-refractivity contribution in [1.82, 2.24) is 0 Å². The first-order valence-electron chi connectivity index (χ1n) is 4.47. The number of aromatic carboxylic acids is 1. The molecule has 0 radical (unpaired) electrons. The number of alkyl halides is 6. The Kier molecular flexibility index (Phi) is 3.33. The van der Waals surface area contributed by atoms with E-state index >= 15 is 0 Å². The van der Waals surface area contributed by atoms with E-state index in [4.69, 9.17) is 5.11 Å². The largest absolute Gasteiger partial charge is 0.478 e. The maximum absolute atomic E-state index is 12.5. The van der Waals surface area contributed by atoms with E-state index in [0.29, 0.717) is 6.07 Å². The summed E-state index contributed by atoms with van der Waals surface area (Å²) < 4.78 is 75.1. The van der Waals surface area contributed by atoms with Gasteiger partial charge in [0.25, 0.3) is 0 Å². The Bertz CT molecular complexity index is 486. The van der Waals surface area contributed by atoms with Gasteiger partial charge in [-0.25, -0.2) is 4.79 Å². The van der Waals surface area contributed by atoms with Gasteiger partial charge in [0.1, 0.15) is 0 Å². The molecule has 1 N–H and O–H groups in total. The molecule has 0 fully saturated rings. The van der Waals surface area contributed by atoms with Crippen LogP contribution in [0.15, 0.2) is 12.1 Å². The van der Waals surface area contributed by atoms with Crippen LogP contribution >= 0.6 is 0 Å². The molecule has 0 atom stereocenters. The number of carboxylic acids is 1. The number of hydrogen-bond donors (Lipinski definition) is 1. The zero-order valence-electron chi connectivity index (χ0n) is 8.78. The Labute approximate surface area is 96.8 Å². The second-order valence-corrected chi connectivity index (χ2v) is 3.52. The quantitative estimate of drug-likeness (QED) is 0.791. The van der Waals surface area contributed by atoms with Gasteiger partial charge in [-0.1, -0.05) is 0 Å². The summed E-state index contributed by atoms with van der Waals surface area (Å²) in [6, 6.07) is 0.540. The van der Waals surface area contributed by atoms with Crippen LogP contribution in [-0.2, 0) is 12.4 Å². The number of carboxylic acid groups (broad SMARTS) is 1. The highest BCUT2D eigenvalue weighted by atomic mass is 19.4. The number of hydrogen-bond acceptors (Lipinski definition) is 1. The average Bonchev–Trinajstić information content (AvgIpc) is 2.12. The van der Waals surface area contributed by atoms with E-state index in [2.05, 4.69) is 0 Å². The second-order valence-electron chi connectivity index (χ2n) is 3.52. The van der Waals surface area contributed by atoms with E-state index in [9.17, 15) is 31.1 Å². The lowest BCUT2D eigenvalue weighted by atomic mass is 9.97. The van der Waals surface area contributed by atoms with Gasteiger partial charge < -0.3 is 5.11 Å². The highest BCUT2D eigenvalue weighted by Gasteiger charge is 2.44. The molecule has 1 rings (SSSR count). The minimum Gasteiger partial charge on any atom is -0.478 e. The van der Waals surface area contributed by atoms with E-state index in [1.807, 2.05) is 0 Å². The average molecular weight is 272 g/mol. The van der Waals surface area contributed by atoms with Gasteiger partial charge in [-0.2, -0.15) is 26.3 Å². The maximum Gasteiger partial charge on any atom is 0.417 e. The molecule has 0 aliphatic heterocycles. The monoisotopic (exact) mass is 272 g/mol. The van der Waals surface area contributed by atoms with Crippen LogP contribution < -0.4 is 0 Å². The van der Waals surface area contributed by atoms with Crippen LogP contribution in [0.5, 0.6) is 0 Å². The second kappa shape index (κ2) is 4.18. The van der Waals surface area contributed by atoms with Crippen LogP contribution in [0.4, 0.5) is 26.3 Å². The number of rotatable bonds is 1.